The zero-order chi connectivity index (χ0) is 38.0. The van der Waals surface area contributed by atoms with E-state index in [1.807, 2.05) is 69.7 Å². The van der Waals surface area contributed by atoms with Gasteiger partial charge in [-0.25, -0.2) is 19.0 Å². The minimum Gasteiger partial charge on any atom is -0.382 e. The van der Waals surface area contributed by atoms with Crippen molar-refractivity contribution in [1.82, 2.24) is 29.2 Å². The summed E-state index contributed by atoms with van der Waals surface area (Å²) in [7, 11) is 0. The molecule has 12 heteroatoms. The van der Waals surface area contributed by atoms with Gasteiger partial charge in [-0.2, -0.15) is 10.2 Å². The molecule has 0 aliphatic carbocycles. The van der Waals surface area contributed by atoms with Crippen molar-refractivity contribution in [3.8, 4) is 0 Å². The highest BCUT2D eigenvalue weighted by atomic mass is 16.6. The highest BCUT2D eigenvalue weighted by molar-refractivity contribution is 5.66. The van der Waals surface area contributed by atoms with Gasteiger partial charge >= 0.3 is 0 Å². The summed E-state index contributed by atoms with van der Waals surface area (Å²) in [5.74, 6) is 1.43. The summed E-state index contributed by atoms with van der Waals surface area (Å²) in [4.78, 5) is 8.17. The van der Waals surface area contributed by atoms with Crippen LogP contribution in [-0.4, -0.2) is 53.6 Å². The van der Waals surface area contributed by atoms with E-state index in [-0.39, 0.29) is 36.3 Å². The van der Waals surface area contributed by atoms with Gasteiger partial charge in [0.1, 0.15) is 34.9 Å². The lowest BCUT2D eigenvalue weighted by atomic mass is 9.87. The maximum absolute atomic E-state index is 6.56. The van der Waals surface area contributed by atoms with Crippen LogP contribution in [-0.2, 0) is 43.4 Å². The SMILES string of the molecule is CC[C@H]1O[C@@](C)(c2ccc3c(N)ncnn23)[C@@H](OCc2ccccc2)C1C.CC[C@H]1O[C@](C)(c2ccc3c(N)ncnn23)[C@@H](OCc2ccccc2)C1C. The molecule has 0 radical (unpaired) electrons. The van der Waals surface area contributed by atoms with Crippen LogP contribution in [0.2, 0.25) is 0 Å². The number of aromatic nitrogens is 6. The lowest BCUT2D eigenvalue weighted by Gasteiger charge is -2.31. The molecule has 8 rings (SSSR count). The minimum absolute atomic E-state index is 0.100. The smallest absolute Gasteiger partial charge is 0.151 e. The van der Waals surface area contributed by atoms with Crippen LogP contribution in [0, 0.1) is 11.8 Å². The highest BCUT2D eigenvalue weighted by Gasteiger charge is 2.54. The number of benzene rings is 2. The summed E-state index contributed by atoms with van der Waals surface area (Å²) >= 11 is 0. The van der Waals surface area contributed by atoms with E-state index in [4.69, 9.17) is 30.4 Å². The maximum atomic E-state index is 6.56. The Hall–Kier alpha value is -4.88. The fraction of sp³-hybridized carbons (Fsp3) is 0.429. The average molecular weight is 733 g/mol. The van der Waals surface area contributed by atoms with E-state index in [9.17, 15) is 0 Å². The van der Waals surface area contributed by atoms with Crippen molar-refractivity contribution < 1.29 is 18.9 Å². The summed E-state index contributed by atoms with van der Waals surface area (Å²) in [5, 5.41) is 8.82. The standard InChI is InChI=1S/2C21H26N4O2/c2*1-4-17-14(2)19(26-12-15-8-6-5-7-9-15)21(3,27-17)18-11-10-16-20(22)23-13-24-25(16)18/h2*5-11,13-14,17,19H,4,12H2,1-3H3,(H2,22,23,24)/t14?,17-,19+,21+;14?,17-,19+,21-/m11/s1. The first kappa shape index (κ1) is 37.4. The molecule has 6 aromatic rings. The van der Waals surface area contributed by atoms with Crippen molar-refractivity contribution >= 4 is 22.7 Å². The van der Waals surface area contributed by atoms with Crippen LogP contribution in [0.5, 0.6) is 0 Å². The topological polar surface area (TPSA) is 149 Å². The van der Waals surface area contributed by atoms with Crippen molar-refractivity contribution in [2.75, 3.05) is 11.5 Å². The summed E-state index contributed by atoms with van der Waals surface area (Å²) in [6, 6.07) is 28.4. The molecule has 8 atom stereocenters. The molecule has 12 nitrogen and oxygen atoms in total. The highest BCUT2D eigenvalue weighted by Crippen LogP contribution is 2.47. The number of nitrogen functional groups attached to an aromatic ring is 2. The first-order valence-corrected chi connectivity index (χ1v) is 18.9. The lowest BCUT2D eigenvalue weighted by molar-refractivity contribution is -0.106. The Morgan fingerprint density at radius 3 is 1.37 bits per heavy atom. The molecule has 0 bridgehead atoms. The zero-order valence-electron chi connectivity index (χ0n) is 32.0. The number of rotatable bonds is 10. The largest absolute Gasteiger partial charge is 0.382 e. The molecule has 6 heterocycles. The molecule has 4 N–H and O–H groups in total. The second-order valence-corrected chi connectivity index (χ2v) is 14.8. The molecular weight excluding hydrogens is 681 g/mol. The van der Waals surface area contributed by atoms with E-state index in [0.29, 0.717) is 24.8 Å². The van der Waals surface area contributed by atoms with Crippen LogP contribution >= 0.6 is 0 Å². The van der Waals surface area contributed by atoms with Crippen molar-refractivity contribution in [2.24, 2.45) is 11.8 Å². The molecule has 54 heavy (non-hydrogen) atoms. The average Bonchev–Trinajstić information content (AvgIpc) is 3.94. The maximum Gasteiger partial charge on any atom is 0.151 e. The van der Waals surface area contributed by atoms with Gasteiger partial charge in [0, 0.05) is 11.8 Å². The van der Waals surface area contributed by atoms with Crippen LogP contribution in [0.25, 0.3) is 11.0 Å². The van der Waals surface area contributed by atoms with E-state index in [0.717, 1.165) is 46.4 Å². The number of hydrogen-bond donors (Lipinski definition) is 2. The molecule has 2 saturated heterocycles. The van der Waals surface area contributed by atoms with Gasteiger partial charge in [-0.05, 0) is 62.1 Å². The summed E-state index contributed by atoms with van der Waals surface area (Å²) in [6.45, 7) is 14.0. The molecule has 0 amide bonds. The van der Waals surface area contributed by atoms with Crippen LogP contribution in [0.4, 0.5) is 11.6 Å². The quantitative estimate of drug-likeness (QED) is 0.149. The molecule has 2 aliphatic rings. The van der Waals surface area contributed by atoms with Gasteiger partial charge in [0.15, 0.2) is 11.6 Å². The Morgan fingerprint density at radius 1 is 0.611 bits per heavy atom. The van der Waals surface area contributed by atoms with Crippen molar-refractivity contribution in [3.05, 3.63) is 120 Å². The summed E-state index contributed by atoms with van der Waals surface area (Å²) < 4.78 is 29.6. The molecule has 2 fully saturated rings. The van der Waals surface area contributed by atoms with Crippen LogP contribution in [0.15, 0.2) is 97.6 Å². The fourth-order valence-corrected chi connectivity index (χ4v) is 8.49. The van der Waals surface area contributed by atoms with Gasteiger partial charge in [0.05, 0.1) is 49.0 Å². The van der Waals surface area contributed by atoms with E-state index in [1.165, 1.54) is 12.7 Å². The Kier molecular flexibility index (Phi) is 10.7. The first-order chi connectivity index (χ1) is 26.1. The van der Waals surface area contributed by atoms with E-state index >= 15 is 0 Å². The predicted octanol–water partition coefficient (Wildman–Crippen LogP) is 7.11. The third-order valence-electron chi connectivity index (χ3n) is 11.3. The molecule has 2 aliphatic heterocycles. The van der Waals surface area contributed by atoms with Gasteiger partial charge in [0.25, 0.3) is 0 Å². The Labute approximate surface area is 316 Å². The normalized spacial score (nSPS) is 28.0. The van der Waals surface area contributed by atoms with E-state index < -0.39 is 11.2 Å². The zero-order valence-corrected chi connectivity index (χ0v) is 32.0. The molecule has 284 valence electrons. The number of ether oxygens (including phenoxy) is 4. The van der Waals surface area contributed by atoms with Crippen LogP contribution in [0.3, 0.4) is 0 Å². The Morgan fingerprint density at radius 2 is 1.00 bits per heavy atom. The Bertz CT molecular complexity index is 2010. The minimum atomic E-state index is -0.623. The van der Waals surface area contributed by atoms with Gasteiger partial charge < -0.3 is 30.4 Å². The third kappa shape index (κ3) is 6.83. The van der Waals surface area contributed by atoms with Gasteiger partial charge in [-0.15, -0.1) is 0 Å². The number of nitrogens with two attached hydrogens (primary N) is 2. The van der Waals surface area contributed by atoms with Crippen LogP contribution in [0.1, 0.15) is 76.9 Å². The second kappa shape index (κ2) is 15.5. The number of fused-ring (bicyclic) bond motifs is 2. The monoisotopic (exact) mass is 732 g/mol. The number of nitrogens with zero attached hydrogens (tertiary/aromatic N) is 6. The molecule has 2 aromatic carbocycles. The molecule has 2 unspecified atom stereocenters. The predicted molar refractivity (Wildman–Crippen MR) is 208 cm³/mol. The van der Waals surface area contributed by atoms with Gasteiger partial charge in [-0.1, -0.05) is 88.4 Å². The van der Waals surface area contributed by atoms with Gasteiger partial charge in [0.2, 0.25) is 0 Å². The molecule has 0 spiro atoms. The Balaban J connectivity index is 0.000000167. The van der Waals surface area contributed by atoms with E-state index in [2.05, 4.69) is 86.0 Å². The van der Waals surface area contributed by atoms with Crippen molar-refractivity contribution in [1.29, 1.82) is 0 Å². The lowest BCUT2D eigenvalue weighted by Crippen LogP contribution is -2.39. The van der Waals surface area contributed by atoms with Crippen LogP contribution < -0.4 is 11.5 Å². The van der Waals surface area contributed by atoms with Crippen molar-refractivity contribution in [3.63, 3.8) is 0 Å². The molecule has 4 aromatic heterocycles. The van der Waals surface area contributed by atoms with Gasteiger partial charge in [-0.3, -0.25) is 0 Å². The third-order valence-corrected chi connectivity index (χ3v) is 11.3. The molecule has 0 saturated carbocycles. The fourth-order valence-electron chi connectivity index (χ4n) is 8.49. The van der Waals surface area contributed by atoms with E-state index in [1.54, 1.807) is 0 Å². The second-order valence-electron chi connectivity index (χ2n) is 14.8. The summed E-state index contributed by atoms with van der Waals surface area (Å²) in [6.07, 6.45) is 4.87. The number of hydrogen-bond acceptors (Lipinski definition) is 10. The number of anilines is 2. The summed E-state index contributed by atoms with van der Waals surface area (Å²) in [5.41, 5.74) is 16.5. The molecular formula is C42H52N8O4. The van der Waals surface area contributed by atoms with Crippen molar-refractivity contribution in [2.45, 2.75) is 103 Å². The first-order valence-electron chi connectivity index (χ1n) is 18.9.